The first-order chi connectivity index (χ1) is 6.07. The van der Waals surface area contributed by atoms with Crippen LogP contribution in [0.15, 0.2) is 16.6 Å². The van der Waals surface area contributed by atoms with Gasteiger partial charge in [-0.25, -0.2) is 4.39 Å². The molecule has 0 atom stereocenters. The molecule has 0 amide bonds. The van der Waals surface area contributed by atoms with Gasteiger partial charge in [0.1, 0.15) is 0 Å². The standard InChI is InChI=1S/C8H6BrFINO/c9-7-4(6(13)3-12)1-2-5(11)8(7)10/h1-2H,3,12H2. The van der Waals surface area contributed by atoms with Crippen molar-refractivity contribution in [3.63, 3.8) is 0 Å². The quantitative estimate of drug-likeness (QED) is 0.501. The maximum atomic E-state index is 13.2. The average molecular weight is 358 g/mol. The van der Waals surface area contributed by atoms with E-state index in [4.69, 9.17) is 5.73 Å². The Hall–Kier alpha value is -0.0100. The number of halogens is 3. The Kier molecular flexibility index (Phi) is 3.81. The van der Waals surface area contributed by atoms with Crippen LogP contribution in [0, 0.1) is 9.39 Å². The minimum atomic E-state index is -0.417. The van der Waals surface area contributed by atoms with Crippen molar-refractivity contribution in [2.75, 3.05) is 6.54 Å². The van der Waals surface area contributed by atoms with Crippen molar-refractivity contribution < 1.29 is 9.18 Å². The molecular weight excluding hydrogens is 352 g/mol. The summed E-state index contributed by atoms with van der Waals surface area (Å²) in [5.74, 6) is -0.693. The molecule has 0 aliphatic heterocycles. The summed E-state index contributed by atoms with van der Waals surface area (Å²) in [4.78, 5) is 11.2. The second kappa shape index (κ2) is 4.47. The number of Topliss-reactive ketones (excluding diaryl/α,β-unsaturated/α-hetero) is 1. The number of hydrogen-bond donors (Lipinski definition) is 1. The van der Waals surface area contributed by atoms with Gasteiger partial charge in [-0.3, -0.25) is 4.79 Å². The van der Waals surface area contributed by atoms with Crippen LogP contribution in [0.5, 0.6) is 0 Å². The number of rotatable bonds is 2. The molecule has 2 nitrogen and oxygen atoms in total. The number of carbonyl (C=O) groups is 1. The molecule has 1 aromatic rings. The molecular formula is C8H6BrFINO. The lowest BCUT2D eigenvalue weighted by atomic mass is 10.1. The van der Waals surface area contributed by atoms with Crippen LogP contribution in [0.4, 0.5) is 4.39 Å². The van der Waals surface area contributed by atoms with Crippen molar-refractivity contribution in [2.24, 2.45) is 5.73 Å². The molecule has 2 N–H and O–H groups in total. The summed E-state index contributed by atoms with van der Waals surface area (Å²) < 4.78 is 13.9. The molecule has 0 spiro atoms. The van der Waals surface area contributed by atoms with Gasteiger partial charge in [0.05, 0.1) is 11.0 Å². The van der Waals surface area contributed by atoms with E-state index in [-0.39, 0.29) is 16.8 Å². The lowest BCUT2D eigenvalue weighted by Gasteiger charge is -2.03. The zero-order valence-corrected chi connectivity index (χ0v) is 10.2. The van der Waals surface area contributed by atoms with Gasteiger partial charge in [0.2, 0.25) is 0 Å². The number of nitrogens with two attached hydrogens (primary N) is 1. The Bertz CT molecular complexity index is 356. The van der Waals surface area contributed by atoms with Crippen LogP contribution in [0.2, 0.25) is 0 Å². The predicted octanol–water partition coefficient (Wildman–Crippen LogP) is 2.33. The molecule has 0 unspecified atom stereocenters. The second-order valence-electron chi connectivity index (χ2n) is 2.35. The third-order valence-corrected chi connectivity index (χ3v) is 3.13. The lowest BCUT2D eigenvalue weighted by molar-refractivity contribution is 0.1000. The van der Waals surface area contributed by atoms with Crippen molar-refractivity contribution in [3.8, 4) is 0 Å². The van der Waals surface area contributed by atoms with E-state index in [1.165, 1.54) is 0 Å². The first-order valence-corrected chi connectivity index (χ1v) is 5.32. The van der Waals surface area contributed by atoms with Gasteiger partial charge in [-0.05, 0) is 50.7 Å². The van der Waals surface area contributed by atoms with Crippen LogP contribution in [-0.4, -0.2) is 12.3 Å². The zero-order chi connectivity index (χ0) is 10.0. The lowest BCUT2D eigenvalue weighted by Crippen LogP contribution is -2.14. The fraction of sp³-hybridized carbons (Fsp3) is 0.125. The maximum absolute atomic E-state index is 13.2. The zero-order valence-electron chi connectivity index (χ0n) is 6.48. The van der Waals surface area contributed by atoms with Crippen LogP contribution in [0.3, 0.4) is 0 Å². The van der Waals surface area contributed by atoms with Crippen molar-refractivity contribution in [3.05, 3.63) is 31.6 Å². The van der Waals surface area contributed by atoms with Gasteiger partial charge in [0.25, 0.3) is 0 Å². The van der Waals surface area contributed by atoms with Gasteiger partial charge in [0.15, 0.2) is 11.6 Å². The summed E-state index contributed by atoms with van der Waals surface area (Å²) in [6, 6.07) is 3.10. The van der Waals surface area contributed by atoms with Gasteiger partial charge < -0.3 is 5.73 Å². The number of carbonyl (C=O) groups excluding carboxylic acids is 1. The van der Waals surface area contributed by atoms with Crippen LogP contribution in [0.1, 0.15) is 10.4 Å². The predicted molar refractivity (Wildman–Crippen MR) is 60.2 cm³/mol. The molecule has 0 aliphatic carbocycles. The van der Waals surface area contributed by atoms with Crippen molar-refractivity contribution in [1.82, 2.24) is 0 Å². The molecule has 0 saturated carbocycles. The molecule has 0 radical (unpaired) electrons. The Balaban J connectivity index is 3.26. The summed E-state index contributed by atoms with van der Waals surface area (Å²) in [7, 11) is 0. The SMILES string of the molecule is NCC(=O)c1ccc(I)c(F)c1Br. The highest BCUT2D eigenvalue weighted by molar-refractivity contribution is 14.1. The molecule has 0 heterocycles. The molecule has 0 aromatic heterocycles. The van der Waals surface area contributed by atoms with Gasteiger partial charge in [-0.2, -0.15) is 0 Å². The third-order valence-electron chi connectivity index (χ3n) is 1.52. The van der Waals surface area contributed by atoms with Gasteiger partial charge >= 0.3 is 0 Å². The summed E-state index contributed by atoms with van der Waals surface area (Å²) in [6.45, 7) is -0.112. The minimum Gasteiger partial charge on any atom is -0.324 e. The maximum Gasteiger partial charge on any atom is 0.177 e. The van der Waals surface area contributed by atoms with Crippen molar-refractivity contribution in [2.45, 2.75) is 0 Å². The van der Waals surface area contributed by atoms with E-state index in [0.717, 1.165) is 0 Å². The normalized spacial score (nSPS) is 10.2. The van der Waals surface area contributed by atoms with Crippen molar-refractivity contribution in [1.29, 1.82) is 0 Å². The topological polar surface area (TPSA) is 43.1 Å². The number of hydrogen-bond acceptors (Lipinski definition) is 2. The monoisotopic (exact) mass is 357 g/mol. The molecule has 70 valence electrons. The summed E-state index contributed by atoms with van der Waals surface area (Å²) >= 11 is 4.87. The van der Waals surface area contributed by atoms with Crippen LogP contribution in [0.25, 0.3) is 0 Å². The summed E-state index contributed by atoms with van der Waals surface area (Å²) in [5.41, 5.74) is 5.46. The highest BCUT2D eigenvalue weighted by Crippen LogP contribution is 2.24. The number of benzene rings is 1. The van der Waals surface area contributed by atoms with Crippen LogP contribution >= 0.6 is 38.5 Å². The molecule has 0 saturated heterocycles. The molecule has 0 bridgehead atoms. The van der Waals surface area contributed by atoms with Crippen LogP contribution < -0.4 is 5.73 Å². The first-order valence-electron chi connectivity index (χ1n) is 3.44. The fourth-order valence-corrected chi connectivity index (χ4v) is 2.24. The van der Waals surface area contributed by atoms with Gasteiger partial charge in [0, 0.05) is 9.13 Å². The Labute approximate surface area is 97.0 Å². The summed E-state index contributed by atoms with van der Waals surface area (Å²) in [5, 5.41) is 0. The van der Waals surface area contributed by atoms with Crippen molar-refractivity contribution >= 4 is 44.3 Å². The third kappa shape index (κ3) is 2.26. The molecule has 1 rings (SSSR count). The number of ketones is 1. The van der Waals surface area contributed by atoms with E-state index in [2.05, 4.69) is 15.9 Å². The Morgan fingerprint density at radius 1 is 1.62 bits per heavy atom. The Morgan fingerprint density at radius 3 is 2.77 bits per heavy atom. The smallest absolute Gasteiger partial charge is 0.177 e. The largest absolute Gasteiger partial charge is 0.324 e. The molecule has 5 heteroatoms. The fourth-order valence-electron chi connectivity index (χ4n) is 0.851. The van der Waals surface area contributed by atoms with E-state index in [0.29, 0.717) is 9.13 Å². The van der Waals surface area contributed by atoms with Gasteiger partial charge in [-0.15, -0.1) is 0 Å². The van der Waals surface area contributed by atoms with E-state index in [1.54, 1.807) is 12.1 Å². The average Bonchev–Trinajstić information content (AvgIpc) is 2.13. The Morgan fingerprint density at radius 2 is 2.23 bits per heavy atom. The van der Waals surface area contributed by atoms with E-state index >= 15 is 0 Å². The highest BCUT2D eigenvalue weighted by atomic mass is 127. The summed E-state index contributed by atoms with van der Waals surface area (Å²) in [6.07, 6.45) is 0. The second-order valence-corrected chi connectivity index (χ2v) is 4.31. The molecule has 1 aromatic carbocycles. The van der Waals surface area contributed by atoms with Gasteiger partial charge in [-0.1, -0.05) is 0 Å². The van der Waals surface area contributed by atoms with E-state index in [1.807, 2.05) is 22.6 Å². The molecule has 0 aliphatic rings. The van der Waals surface area contributed by atoms with E-state index in [9.17, 15) is 9.18 Å². The molecule has 13 heavy (non-hydrogen) atoms. The van der Waals surface area contributed by atoms with E-state index < -0.39 is 5.82 Å². The highest BCUT2D eigenvalue weighted by Gasteiger charge is 2.13. The minimum absolute atomic E-state index is 0.112. The first kappa shape index (κ1) is 11.1. The molecule has 0 fully saturated rings. The van der Waals surface area contributed by atoms with Crippen LogP contribution in [-0.2, 0) is 0 Å².